The number of nitrogen functional groups attached to an aromatic ring is 1. The summed E-state index contributed by atoms with van der Waals surface area (Å²) in [5.74, 6) is 0. The molecule has 0 atom stereocenters. The molecule has 108 valence electrons. The van der Waals surface area contributed by atoms with E-state index in [1.54, 1.807) is 11.3 Å². The first-order chi connectivity index (χ1) is 10.0. The van der Waals surface area contributed by atoms with Crippen LogP contribution in [0.15, 0.2) is 36.4 Å². The maximum atomic E-state index is 6.19. The topological polar surface area (TPSA) is 42.2 Å². The Balaban J connectivity index is 1.93. The van der Waals surface area contributed by atoms with Gasteiger partial charge in [0.15, 0.2) is 0 Å². The van der Waals surface area contributed by atoms with Crippen LogP contribution in [0.4, 0.5) is 11.4 Å². The number of aryl methyl sites for hydroxylation is 1. The van der Waals surface area contributed by atoms with E-state index in [-0.39, 0.29) is 0 Å². The number of benzene rings is 2. The fourth-order valence-electron chi connectivity index (χ4n) is 2.42. The standard InChI is InChI=1S/C16H16ClN3S/c1-10-19-14-8-15(13(18)7-16(14)21-10)20(2)9-11-4-3-5-12(17)6-11/h3-8H,9,18H2,1-2H3. The van der Waals surface area contributed by atoms with Crippen LogP contribution < -0.4 is 10.6 Å². The van der Waals surface area contributed by atoms with E-state index >= 15 is 0 Å². The van der Waals surface area contributed by atoms with E-state index in [9.17, 15) is 0 Å². The van der Waals surface area contributed by atoms with Gasteiger partial charge in [0.25, 0.3) is 0 Å². The van der Waals surface area contributed by atoms with Gasteiger partial charge in [-0.25, -0.2) is 4.98 Å². The summed E-state index contributed by atoms with van der Waals surface area (Å²) in [5.41, 5.74) is 10.1. The van der Waals surface area contributed by atoms with Crippen molar-refractivity contribution in [2.45, 2.75) is 13.5 Å². The van der Waals surface area contributed by atoms with E-state index in [1.807, 2.05) is 38.2 Å². The second kappa shape index (κ2) is 5.54. The molecule has 1 aromatic heterocycles. The molecule has 0 aliphatic heterocycles. The van der Waals surface area contributed by atoms with Crippen LogP contribution in [0.3, 0.4) is 0 Å². The van der Waals surface area contributed by atoms with E-state index < -0.39 is 0 Å². The number of nitrogens with two attached hydrogens (primary N) is 1. The van der Waals surface area contributed by atoms with E-state index in [1.165, 1.54) is 0 Å². The van der Waals surface area contributed by atoms with Crippen molar-refractivity contribution in [3.63, 3.8) is 0 Å². The highest BCUT2D eigenvalue weighted by Gasteiger charge is 2.10. The molecule has 0 spiro atoms. The first-order valence-electron chi connectivity index (χ1n) is 6.65. The molecule has 0 saturated carbocycles. The predicted octanol–water partition coefficient (Wildman–Crippen LogP) is 4.48. The maximum Gasteiger partial charge on any atom is 0.0907 e. The predicted molar refractivity (Wildman–Crippen MR) is 92.3 cm³/mol. The number of anilines is 2. The fraction of sp³-hybridized carbons (Fsp3) is 0.188. The lowest BCUT2D eigenvalue weighted by molar-refractivity contribution is 0.926. The van der Waals surface area contributed by atoms with Crippen LogP contribution >= 0.6 is 22.9 Å². The molecular formula is C16H16ClN3S. The van der Waals surface area contributed by atoms with Gasteiger partial charge in [0, 0.05) is 18.6 Å². The Labute approximate surface area is 133 Å². The summed E-state index contributed by atoms with van der Waals surface area (Å²) >= 11 is 7.70. The van der Waals surface area contributed by atoms with Crippen molar-refractivity contribution in [3.8, 4) is 0 Å². The zero-order valence-electron chi connectivity index (χ0n) is 11.9. The number of hydrogen-bond donors (Lipinski definition) is 1. The van der Waals surface area contributed by atoms with Crippen molar-refractivity contribution < 1.29 is 0 Å². The molecule has 3 aromatic rings. The second-order valence-electron chi connectivity index (χ2n) is 5.10. The number of fused-ring (bicyclic) bond motifs is 1. The monoisotopic (exact) mass is 317 g/mol. The van der Waals surface area contributed by atoms with E-state index in [4.69, 9.17) is 17.3 Å². The average molecular weight is 318 g/mol. The third-order valence-corrected chi connectivity index (χ3v) is 4.53. The zero-order valence-corrected chi connectivity index (χ0v) is 13.5. The molecule has 0 unspecified atom stereocenters. The van der Waals surface area contributed by atoms with E-state index in [0.29, 0.717) is 0 Å². The number of nitrogens with zero attached hydrogens (tertiary/aromatic N) is 2. The number of hydrogen-bond acceptors (Lipinski definition) is 4. The molecule has 0 aliphatic carbocycles. The van der Waals surface area contributed by atoms with Crippen molar-refractivity contribution in [3.05, 3.63) is 52.0 Å². The summed E-state index contributed by atoms with van der Waals surface area (Å²) in [7, 11) is 2.03. The minimum absolute atomic E-state index is 0.749. The molecule has 3 rings (SSSR count). The van der Waals surface area contributed by atoms with Gasteiger partial charge in [0.2, 0.25) is 0 Å². The van der Waals surface area contributed by atoms with Crippen LogP contribution in [0.1, 0.15) is 10.6 Å². The minimum Gasteiger partial charge on any atom is -0.397 e. The van der Waals surface area contributed by atoms with Gasteiger partial charge in [-0.2, -0.15) is 0 Å². The lowest BCUT2D eigenvalue weighted by Crippen LogP contribution is -2.17. The van der Waals surface area contributed by atoms with Gasteiger partial charge in [-0.1, -0.05) is 23.7 Å². The molecule has 0 aliphatic rings. The van der Waals surface area contributed by atoms with Gasteiger partial charge < -0.3 is 10.6 Å². The Morgan fingerprint density at radius 1 is 1.29 bits per heavy atom. The second-order valence-corrected chi connectivity index (χ2v) is 6.77. The normalized spacial score (nSPS) is 11.0. The molecule has 0 bridgehead atoms. The van der Waals surface area contributed by atoms with Crippen LogP contribution in [0.25, 0.3) is 10.2 Å². The SMILES string of the molecule is Cc1nc2cc(N(C)Cc3cccc(Cl)c3)c(N)cc2s1. The highest BCUT2D eigenvalue weighted by Crippen LogP contribution is 2.32. The van der Waals surface area contributed by atoms with Gasteiger partial charge in [-0.3, -0.25) is 0 Å². The molecule has 1 heterocycles. The summed E-state index contributed by atoms with van der Waals surface area (Å²) < 4.78 is 1.13. The quantitative estimate of drug-likeness (QED) is 0.724. The van der Waals surface area contributed by atoms with Crippen LogP contribution in [0, 0.1) is 6.92 Å². The molecule has 2 N–H and O–H groups in total. The number of halogens is 1. The highest BCUT2D eigenvalue weighted by atomic mass is 35.5. The molecule has 0 fully saturated rings. The molecule has 0 saturated heterocycles. The van der Waals surface area contributed by atoms with Crippen LogP contribution in [0.2, 0.25) is 5.02 Å². The van der Waals surface area contributed by atoms with Crippen LogP contribution in [0.5, 0.6) is 0 Å². The van der Waals surface area contributed by atoms with E-state index in [2.05, 4.69) is 22.0 Å². The molecule has 0 amide bonds. The first-order valence-corrected chi connectivity index (χ1v) is 7.84. The molecule has 5 heteroatoms. The van der Waals surface area contributed by atoms with Gasteiger partial charge in [0.05, 0.1) is 26.6 Å². The third kappa shape index (κ3) is 2.96. The largest absolute Gasteiger partial charge is 0.397 e. The average Bonchev–Trinajstić information content (AvgIpc) is 2.76. The van der Waals surface area contributed by atoms with Crippen molar-refractivity contribution >= 4 is 44.5 Å². The Morgan fingerprint density at radius 3 is 2.86 bits per heavy atom. The smallest absolute Gasteiger partial charge is 0.0907 e. The number of thiazole rings is 1. The lowest BCUT2D eigenvalue weighted by Gasteiger charge is -2.21. The van der Waals surface area contributed by atoms with Gasteiger partial charge in [-0.05, 0) is 36.8 Å². The Morgan fingerprint density at radius 2 is 2.10 bits per heavy atom. The number of rotatable bonds is 3. The van der Waals surface area contributed by atoms with E-state index in [0.717, 1.165) is 43.7 Å². The van der Waals surface area contributed by atoms with Crippen molar-refractivity contribution in [2.24, 2.45) is 0 Å². The Bertz CT molecular complexity index is 797. The van der Waals surface area contributed by atoms with Gasteiger partial charge in [0.1, 0.15) is 0 Å². The molecule has 2 aromatic carbocycles. The summed E-state index contributed by atoms with van der Waals surface area (Å²) in [5, 5.41) is 1.80. The maximum absolute atomic E-state index is 6.19. The number of aromatic nitrogens is 1. The van der Waals surface area contributed by atoms with Crippen molar-refractivity contribution in [2.75, 3.05) is 17.7 Å². The summed E-state index contributed by atoms with van der Waals surface area (Å²) in [6.07, 6.45) is 0. The van der Waals surface area contributed by atoms with Crippen LogP contribution in [-0.4, -0.2) is 12.0 Å². The summed E-state index contributed by atoms with van der Waals surface area (Å²) in [6, 6.07) is 11.9. The zero-order chi connectivity index (χ0) is 15.0. The van der Waals surface area contributed by atoms with Gasteiger partial charge in [-0.15, -0.1) is 11.3 Å². The fourth-order valence-corrected chi connectivity index (χ4v) is 3.49. The third-order valence-electron chi connectivity index (χ3n) is 3.36. The van der Waals surface area contributed by atoms with Crippen LogP contribution in [-0.2, 0) is 6.54 Å². The van der Waals surface area contributed by atoms with Crippen molar-refractivity contribution in [1.29, 1.82) is 0 Å². The first kappa shape index (κ1) is 14.2. The van der Waals surface area contributed by atoms with Gasteiger partial charge >= 0.3 is 0 Å². The minimum atomic E-state index is 0.749. The molecule has 3 nitrogen and oxygen atoms in total. The summed E-state index contributed by atoms with van der Waals surface area (Å²) in [4.78, 5) is 6.65. The lowest BCUT2D eigenvalue weighted by atomic mass is 10.2. The molecule has 21 heavy (non-hydrogen) atoms. The van der Waals surface area contributed by atoms with Crippen molar-refractivity contribution in [1.82, 2.24) is 4.98 Å². The Kier molecular flexibility index (Phi) is 3.74. The molecule has 0 radical (unpaired) electrons. The molecular weight excluding hydrogens is 302 g/mol. The summed E-state index contributed by atoms with van der Waals surface area (Å²) in [6.45, 7) is 2.76. The highest BCUT2D eigenvalue weighted by molar-refractivity contribution is 7.18. The Hall–Kier alpha value is -1.78.